The molecule has 102 valence electrons. The van der Waals surface area contributed by atoms with E-state index in [4.69, 9.17) is 23.7 Å². The maximum Gasteiger partial charge on any atom is 0.190 e. The maximum atomic E-state index is 11.1. The van der Waals surface area contributed by atoms with Crippen molar-refractivity contribution in [3.8, 4) is 0 Å². The summed E-state index contributed by atoms with van der Waals surface area (Å²) in [7, 11) is 0. The first-order valence-electron chi connectivity index (χ1n) is 6.13. The summed E-state index contributed by atoms with van der Waals surface area (Å²) in [5.74, 6) is -1.49. The zero-order valence-electron chi connectivity index (χ0n) is 10.9. The molecule has 3 rings (SSSR count). The normalized spacial score (nSPS) is 48.6. The summed E-state index contributed by atoms with van der Waals surface area (Å²) >= 11 is 0. The van der Waals surface area contributed by atoms with E-state index in [1.165, 1.54) is 0 Å². The Bertz CT molecular complexity index is 366. The molecule has 3 aliphatic rings. The molecule has 6 heteroatoms. The van der Waals surface area contributed by atoms with Gasteiger partial charge in [0.15, 0.2) is 24.2 Å². The van der Waals surface area contributed by atoms with Crippen LogP contribution in [0.25, 0.3) is 0 Å². The van der Waals surface area contributed by atoms with Gasteiger partial charge in [0.25, 0.3) is 0 Å². The van der Waals surface area contributed by atoms with Crippen LogP contribution < -0.4 is 0 Å². The Morgan fingerprint density at radius 2 is 1.39 bits per heavy atom. The van der Waals surface area contributed by atoms with Crippen LogP contribution >= 0.6 is 0 Å². The fraction of sp³-hybridized carbons (Fsp3) is 0.917. The van der Waals surface area contributed by atoms with Crippen molar-refractivity contribution in [1.82, 2.24) is 0 Å². The molecule has 0 amide bonds. The number of ether oxygens (including phenoxy) is 5. The molecular formula is C12H18O6. The molecule has 3 aliphatic heterocycles. The fourth-order valence-electron chi connectivity index (χ4n) is 2.75. The van der Waals surface area contributed by atoms with Crippen molar-refractivity contribution < 1.29 is 28.5 Å². The molecule has 3 fully saturated rings. The molecule has 18 heavy (non-hydrogen) atoms. The Morgan fingerprint density at radius 1 is 0.833 bits per heavy atom. The van der Waals surface area contributed by atoms with Crippen LogP contribution in [0.5, 0.6) is 0 Å². The highest BCUT2D eigenvalue weighted by Gasteiger charge is 2.60. The van der Waals surface area contributed by atoms with Crippen LogP contribution in [0.3, 0.4) is 0 Å². The van der Waals surface area contributed by atoms with E-state index in [0.717, 1.165) is 6.29 Å². The van der Waals surface area contributed by atoms with Crippen molar-refractivity contribution in [2.24, 2.45) is 0 Å². The second-order valence-electron chi connectivity index (χ2n) is 5.77. The molecular weight excluding hydrogens is 240 g/mol. The van der Waals surface area contributed by atoms with Crippen LogP contribution in [-0.4, -0.2) is 48.6 Å². The van der Waals surface area contributed by atoms with Gasteiger partial charge in [0.2, 0.25) is 0 Å². The number of carbonyl (C=O) groups is 1. The lowest BCUT2D eigenvalue weighted by atomic mass is 10.00. The first-order chi connectivity index (χ1) is 8.31. The number of hydrogen-bond donors (Lipinski definition) is 0. The van der Waals surface area contributed by atoms with E-state index in [1.54, 1.807) is 13.8 Å². The number of fused-ring (bicyclic) bond motifs is 3. The van der Waals surface area contributed by atoms with Crippen LogP contribution in [-0.2, 0) is 28.5 Å². The van der Waals surface area contributed by atoms with E-state index >= 15 is 0 Å². The van der Waals surface area contributed by atoms with Crippen molar-refractivity contribution in [2.45, 2.75) is 70.0 Å². The van der Waals surface area contributed by atoms with E-state index < -0.39 is 30.1 Å². The number of carbonyl (C=O) groups excluding carboxylic acids is 1. The smallest absolute Gasteiger partial charge is 0.190 e. The van der Waals surface area contributed by atoms with Gasteiger partial charge in [-0.2, -0.15) is 0 Å². The molecule has 0 aromatic rings. The molecule has 0 spiro atoms. The van der Waals surface area contributed by atoms with Crippen LogP contribution in [0.4, 0.5) is 0 Å². The van der Waals surface area contributed by atoms with Crippen molar-refractivity contribution in [3.63, 3.8) is 0 Å². The van der Waals surface area contributed by atoms with Gasteiger partial charge in [0, 0.05) is 0 Å². The highest BCUT2D eigenvalue weighted by atomic mass is 16.9. The second kappa shape index (κ2) is 3.74. The van der Waals surface area contributed by atoms with E-state index in [2.05, 4.69) is 0 Å². The second-order valence-corrected chi connectivity index (χ2v) is 5.77. The summed E-state index contributed by atoms with van der Waals surface area (Å²) in [6, 6.07) is 0. The minimum Gasteiger partial charge on any atom is -0.342 e. The Kier molecular flexibility index (Phi) is 2.60. The SMILES string of the molecule is CC1(C)O[C@@H]2OC(C=O)[C@H]3OC(C)(C)O[C@H]3[C@@H]2O1. The van der Waals surface area contributed by atoms with Gasteiger partial charge in [-0.3, -0.25) is 0 Å². The van der Waals surface area contributed by atoms with Gasteiger partial charge in [-0.1, -0.05) is 0 Å². The molecule has 0 aromatic carbocycles. The molecule has 5 atom stereocenters. The molecule has 3 heterocycles. The van der Waals surface area contributed by atoms with E-state index in [9.17, 15) is 4.79 Å². The highest BCUT2D eigenvalue weighted by Crippen LogP contribution is 2.43. The summed E-state index contributed by atoms with van der Waals surface area (Å²) in [6.45, 7) is 7.23. The fourth-order valence-corrected chi connectivity index (χ4v) is 2.75. The molecule has 0 aromatic heterocycles. The predicted molar refractivity (Wildman–Crippen MR) is 58.6 cm³/mol. The van der Waals surface area contributed by atoms with E-state index in [0.29, 0.717) is 0 Å². The molecule has 0 aliphatic carbocycles. The standard InChI is InChI=1S/C12H18O6/c1-11(2)15-7-6(5-13)14-10-9(8(7)16-11)17-12(3,4)18-10/h5-10H,1-4H3/t6?,7-,8-,9+,10+/m1/s1. The predicted octanol–water partition coefficient (Wildman–Crippen LogP) is 0.582. The topological polar surface area (TPSA) is 63.2 Å². The minimum atomic E-state index is -0.745. The van der Waals surface area contributed by atoms with Gasteiger partial charge in [-0.25, -0.2) is 0 Å². The van der Waals surface area contributed by atoms with Crippen molar-refractivity contribution >= 4 is 6.29 Å². The van der Waals surface area contributed by atoms with Gasteiger partial charge < -0.3 is 28.5 Å². The number of aldehydes is 1. The quantitative estimate of drug-likeness (QED) is 0.641. The third kappa shape index (κ3) is 1.88. The van der Waals surface area contributed by atoms with Crippen molar-refractivity contribution in [3.05, 3.63) is 0 Å². The molecule has 1 unspecified atom stereocenters. The average molecular weight is 258 g/mol. The Hall–Kier alpha value is -0.530. The van der Waals surface area contributed by atoms with Crippen molar-refractivity contribution in [1.29, 1.82) is 0 Å². The van der Waals surface area contributed by atoms with Gasteiger partial charge in [-0.05, 0) is 27.7 Å². The van der Waals surface area contributed by atoms with Gasteiger partial charge >= 0.3 is 0 Å². The summed E-state index contributed by atoms with van der Waals surface area (Å²) in [4.78, 5) is 11.1. The third-order valence-electron chi connectivity index (χ3n) is 3.32. The Balaban J connectivity index is 1.89. The van der Waals surface area contributed by atoms with Crippen LogP contribution in [0.1, 0.15) is 27.7 Å². The lowest BCUT2D eigenvalue weighted by Crippen LogP contribution is -2.55. The van der Waals surface area contributed by atoms with Crippen LogP contribution in [0.15, 0.2) is 0 Å². The minimum absolute atomic E-state index is 0.351. The molecule has 3 saturated heterocycles. The van der Waals surface area contributed by atoms with Gasteiger partial charge in [-0.15, -0.1) is 0 Å². The maximum absolute atomic E-state index is 11.1. The molecule has 6 nitrogen and oxygen atoms in total. The summed E-state index contributed by atoms with van der Waals surface area (Å²) < 4.78 is 28.5. The highest BCUT2D eigenvalue weighted by molar-refractivity contribution is 5.58. The molecule has 0 radical (unpaired) electrons. The van der Waals surface area contributed by atoms with Crippen LogP contribution in [0, 0.1) is 0 Å². The average Bonchev–Trinajstić information content (AvgIpc) is 2.71. The van der Waals surface area contributed by atoms with Crippen molar-refractivity contribution in [2.75, 3.05) is 0 Å². The summed E-state index contributed by atoms with van der Waals surface area (Å²) in [5, 5.41) is 0. The zero-order chi connectivity index (χ0) is 13.1. The molecule has 0 bridgehead atoms. The monoisotopic (exact) mass is 258 g/mol. The Morgan fingerprint density at radius 3 is 2.06 bits per heavy atom. The lowest BCUT2D eigenvalue weighted by molar-refractivity contribution is -0.226. The van der Waals surface area contributed by atoms with E-state index in [-0.39, 0.29) is 12.2 Å². The van der Waals surface area contributed by atoms with Gasteiger partial charge in [0.05, 0.1) is 0 Å². The summed E-state index contributed by atoms with van der Waals surface area (Å²) in [6.07, 6.45) is -1.72. The van der Waals surface area contributed by atoms with Gasteiger partial charge in [0.1, 0.15) is 24.4 Å². The number of rotatable bonds is 1. The third-order valence-corrected chi connectivity index (χ3v) is 3.32. The lowest BCUT2D eigenvalue weighted by Gasteiger charge is -2.34. The van der Waals surface area contributed by atoms with Crippen LogP contribution in [0.2, 0.25) is 0 Å². The largest absolute Gasteiger partial charge is 0.342 e. The first-order valence-corrected chi connectivity index (χ1v) is 6.13. The Labute approximate surface area is 105 Å². The molecule has 0 N–H and O–H groups in total. The molecule has 0 saturated carbocycles. The van der Waals surface area contributed by atoms with E-state index in [1.807, 2.05) is 13.8 Å². The first kappa shape index (κ1) is 12.5. The zero-order valence-corrected chi connectivity index (χ0v) is 10.9. The number of hydrogen-bond acceptors (Lipinski definition) is 6. The summed E-state index contributed by atoms with van der Waals surface area (Å²) in [5.41, 5.74) is 0.